The van der Waals surface area contributed by atoms with Gasteiger partial charge < -0.3 is 10.0 Å². The molecule has 0 atom stereocenters. The van der Waals surface area contributed by atoms with Crippen molar-refractivity contribution in [2.75, 3.05) is 13.1 Å². The number of aromatic amines is 1. The van der Waals surface area contributed by atoms with Gasteiger partial charge >= 0.3 is 5.97 Å². The Morgan fingerprint density at radius 1 is 1.56 bits per heavy atom. The molecule has 1 heterocycles. The predicted molar refractivity (Wildman–Crippen MR) is 64.4 cm³/mol. The Morgan fingerprint density at radius 3 is 2.83 bits per heavy atom. The van der Waals surface area contributed by atoms with Crippen LogP contribution in [0, 0.1) is 0 Å². The van der Waals surface area contributed by atoms with Gasteiger partial charge in [0, 0.05) is 24.7 Å². The quantitative estimate of drug-likeness (QED) is 0.796. The average Bonchev–Trinajstić information content (AvgIpc) is 3.07. The first kappa shape index (κ1) is 12.6. The van der Waals surface area contributed by atoms with E-state index in [4.69, 9.17) is 5.11 Å². The van der Waals surface area contributed by atoms with Gasteiger partial charge in [0.25, 0.3) is 5.91 Å². The molecule has 18 heavy (non-hydrogen) atoms. The minimum Gasteiger partial charge on any atom is -0.481 e. The number of carboxylic acid groups (broad SMARTS) is 1. The fourth-order valence-corrected chi connectivity index (χ4v) is 1.85. The molecule has 98 valence electrons. The zero-order chi connectivity index (χ0) is 13.1. The van der Waals surface area contributed by atoms with Crippen molar-refractivity contribution in [2.24, 2.45) is 0 Å². The zero-order valence-electron chi connectivity index (χ0n) is 10.3. The van der Waals surface area contributed by atoms with Crippen molar-refractivity contribution in [3.05, 3.63) is 17.5 Å². The molecular weight excluding hydrogens is 234 g/mol. The van der Waals surface area contributed by atoms with E-state index in [1.165, 1.54) is 4.90 Å². The third-order valence-electron chi connectivity index (χ3n) is 3.10. The molecule has 0 saturated heterocycles. The second-order valence-corrected chi connectivity index (χ2v) is 4.51. The van der Waals surface area contributed by atoms with Crippen LogP contribution >= 0.6 is 0 Å². The molecule has 1 fully saturated rings. The second kappa shape index (κ2) is 5.20. The fourth-order valence-electron chi connectivity index (χ4n) is 1.85. The van der Waals surface area contributed by atoms with Crippen LogP contribution in [0.5, 0.6) is 0 Å². The summed E-state index contributed by atoms with van der Waals surface area (Å²) in [7, 11) is 0. The first-order chi connectivity index (χ1) is 8.61. The second-order valence-electron chi connectivity index (χ2n) is 4.51. The third kappa shape index (κ3) is 2.88. The van der Waals surface area contributed by atoms with E-state index in [2.05, 4.69) is 10.2 Å². The molecule has 1 amide bonds. The van der Waals surface area contributed by atoms with E-state index < -0.39 is 5.97 Å². The maximum atomic E-state index is 12.1. The summed E-state index contributed by atoms with van der Waals surface area (Å²) in [5, 5.41) is 15.5. The van der Waals surface area contributed by atoms with Gasteiger partial charge in [-0.25, -0.2) is 0 Å². The van der Waals surface area contributed by atoms with Crippen molar-refractivity contribution < 1.29 is 14.7 Å². The van der Waals surface area contributed by atoms with Crippen LogP contribution in [0.15, 0.2) is 6.07 Å². The van der Waals surface area contributed by atoms with Crippen molar-refractivity contribution >= 4 is 11.9 Å². The summed E-state index contributed by atoms with van der Waals surface area (Å²) in [5.41, 5.74) is 1.39. The summed E-state index contributed by atoms with van der Waals surface area (Å²) < 4.78 is 0. The molecule has 2 rings (SSSR count). The number of carboxylic acids is 1. The Hall–Kier alpha value is -1.85. The van der Waals surface area contributed by atoms with Gasteiger partial charge in [-0.3, -0.25) is 14.7 Å². The molecule has 1 aromatic heterocycles. The summed E-state index contributed by atoms with van der Waals surface area (Å²) >= 11 is 0. The van der Waals surface area contributed by atoms with Crippen molar-refractivity contribution in [3.8, 4) is 0 Å². The summed E-state index contributed by atoms with van der Waals surface area (Å²) in [6.45, 7) is 2.53. The van der Waals surface area contributed by atoms with E-state index in [0.29, 0.717) is 18.2 Å². The highest BCUT2D eigenvalue weighted by Crippen LogP contribution is 2.39. The molecule has 6 nitrogen and oxygen atoms in total. The average molecular weight is 251 g/mol. The number of H-pyrrole nitrogens is 1. The van der Waals surface area contributed by atoms with Crippen molar-refractivity contribution in [2.45, 2.75) is 32.1 Å². The molecule has 1 saturated carbocycles. The minimum absolute atomic E-state index is 0.0422. The van der Waals surface area contributed by atoms with Crippen LogP contribution in [0.25, 0.3) is 0 Å². The van der Waals surface area contributed by atoms with Crippen molar-refractivity contribution in [1.29, 1.82) is 0 Å². The van der Waals surface area contributed by atoms with Crippen LogP contribution in [-0.2, 0) is 4.79 Å². The first-order valence-electron chi connectivity index (χ1n) is 6.18. The van der Waals surface area contributed by atoms with E-state index >= 15 is 0 Å². The minimum atomic E-state index is -0.901. The van der Waals surface area contributed by atoms with Crippen LogP contribution in [0.4, 0.5) is 0 Å². The zero-order valence-corrected chi connectivity index (χ0v) is 10.3. The number of aliphatic carboxylic acids is 1. The van der Waals surface area contributed by atoms with Gasteiger partial charge in [-0.15, -0.1) is 0 Å². The number of hydrogen-bond donors (Lipinski definition) is 2. The summed E-state index contributed by atoms with van der Waals surface area (Å²) in [6, 6.07) is 1.78. The lowest BCUT2D eigenvalue weighted by Gasteiger charge is -2.18. The lowest BCUT2D eigenvalue weighted by molar-refractivity contribution is -0.137. The van der Waals surface area contributed by atoms with Crippen LogP contribution in [0.2, 0.25) is 0 Å². The monoisotopic (exact) mass is 251 g/mol. The van der Waals surface area contributed by atoms with Crippen LogP contribution in [0.3, 0.4) is 0 Å². The van der Waals surface area contributed by atoms with Gasteiger partial charge in [0.2, 0.25) is 0 Å². The van der Waals surface area contributed by atoms with E-state index in [1.54, 1.807) is 6.07 Å². The smallest absolute Gasteiger partial charge is 0.305 e. The largest absolute Gasteiger partial charge is 0.481 e. The van der Waals surface area contributed by atoms with E-state index in [9.17, 15) is 9.59 Å². The van der Waals surface area contributed by atoms with Gasteiger partial charge in [0.1, 0.15) is 5.69 Å². The topological polar surface area (TPSA) is 86.3 Å². The highest BCUT2D eigenvalue weighted by molar-refractivity contribution is 5.92. The van der Waals surface area contributed by atoms with Crippen LogP contribution in [0.1, 0.15) is 48.3 Å². The molecular formula is C12H17N3O3. The Kier molecular flexibility index (Phi) is 3.64. The van der Waals surface area contributed by atoms with Crippen molar-refractivity contribution in [3.63, 3.8) is 0 Å². The number of aromatic nitrogens is 2. The fraction of sp³-hybridized carbons (Fsp3) is 0.583. The first-order valence-corrected chi connectivity index (χ1v) is 6.18. The number of carbonyl (C=O) groups excluding carboxylic acids is 1. The Labute approximate surface area is 105 Å². The molecule has 0 radical (unpaired) electrons. The predicted octanol–water partition coefficient (Wildman–Crippen LogP) is 1.22. The molecule has 2 N–H and O–H groups in total. The highest BCUT2D eigenvalue weighted by Gasteiger charge is 2.27. The van der Waals surface area contributed by atoms with Gasteiger partial charge in [-0.05, 0) is 25.8 Å². The standard InChI is InChI=1S/C12H17N3O3/c1-2-15(6-5-11(16)17)12(18)10-7-9(13-14-10)8-3-4-8/h7-8H,2-6H2,1H3,(H,13,14)(H,16,17). The molecule has 0 aliphatic heterocycles. The number of carbonyl (C=O) groups is 2. The van der Waals surface area contributed by atoms with Crippen molar-refractivity contribution in [1.82, 2.24) is 15.1 Å². The lowest BCUT2D eigenvalue weighted by atomic mass is 10.2. The molecule has 1 aromatic rings. The molecule has 0 spiro atoms. The lowest BCUT2D eigenvalue weighted by Crippen LogP contribution is -2.33. The number of nitrogens with one attached hydrogen (secondary N) is 1. The van der Waals surface area contributed by atoms with Gasteiger partial charge in [-0.1, -0.05) is 0 Å². The molecule has 6 heteroatoms. The summed E-state index contributed by atoms with van der Waals surface area (Å²) in [6.07, 6.45) is 2.25. The van der Waals surface area contributed by atoms with E-state index in [1.807, 2.05) is 6.92 Å². The maximum absolute atomic E-state index is 12.1. The molecule has 0 unspecified atom stereocenters. The van der Waals surface area contributed by atoms with E-state index in [0.717, 1.165) is 18.5 Å². The molecule has 0 aromatic carbocycles. The molecule has 0 bridgehead atoms. The molecule has 1 aliphatic carbocycles. The molecule has 1 aliphatic rings. The Bertz CT molecular complexity index is 451. The number of hydrogen-bond acceptors (Lipinski definition) is 3. The van der Waals surface area contributed by atoms with Crippen LogP contribution in [-0.4, -0.2) is 45.2 Å². The van der Waals surface area contributed by atoms with Gasteiger partial charge in [0.05, 0.1) is 6.42 Å². The SMILES string of the molecule is CCN(CCC(=O)O)C(=O)c1cc(C2CC2)[nH]n1. The normalized spacial score (nSPS) is 14.5. The third-order valence-corrected chi connectivity index (χ3v) is 3.10. The van der Waals surface area contributed by atoms with Crippen LogP contribution < -0.4 is 0 Å². The number of amides is 1. The summed E-state index contributed by atoms with van der Waals surface area (Å²) in [5.74, 6) is -0.586. The summed E-state index contributed by atoms with van der Waals surface area (Å²) in [4.78, 5) is 24.1. The van der Waals surface area contributed by atoms with Gasteiger partial charge in [0.15, 0.2) is 0 Å². The Morgan fingerprint density at radius 2 is 2.28 bits per heavy atom. The van der Waals surface area contributed by atoms with Gasteiger partial charge in [-0.2, -0.15) is 5.10 Å². The maximum Gasteiger partial charge on any atom is 0.305 e. The number of rotatable bonds is 6. The number of nitrogens with zero attached hydrogens (tertiary/aromatic N) is 2. The van der Waals surface area contributed by atoms with E-state index in [-0.39, 0.29) is 18.9 Å². The Balaban J connectivity index is 2.00. The highest BCUT2D eigenvalue weighted by atomic mass is 16.4.